The Hall–Kier alpha value is -3.06. The van der Waals surface area contributed by atoms with Crippen LogP contribution in [0.3, 0.4) is 0 Å². The Morgan fingerprint density at radius 2 is 1.16 bits per heavy atom. The van der Waals surface area contributed by atoms with Crippen molar-refractivity contribution in [2.45, 2.75) is 20.5 Å². The molecule has 1 aliphatic rings. The van der Waals surface area contributed by atoms with Gasteiger partial charge in [0.15, 0.2) is 0 Å². The monoisotopic (exact) mass is 524 g/mol. The Morgan fingerprint density at radius 1 is 0.784 bits per heavy atom. The molecule has 2 rings (SSSR count). The minimum Gasteiger partial charge on any atom is -0.483 e. The quantitative estimate of drug-likeness (QED) is 0.298. The van der Waals surface area contributed by atoms with Crippen LogP contribution < -0.4 is 0 Å². The van der Waals surface area contributed by atoms with E-state index in [2.05, 4.69) is 11.8 Å². The Labute approximate surface area is 218 Å². The Kier molecular flexibility index (Phi) is 15.7. The summed E-state index contributed by atoms with van der Waals surface area (Å²) in [5.74, 6) is -2.14. The topological polar surface area (TPSA) is 151 Å². The molecule has 1 fully saturated rings. The zero-order valence-electron chi connectivity index (χ0n) is 21.8. The summed E-state index contributed by atoms with van der Waals surface area (Å²) in [5.41, 5.74) is 2.08. The number of aryl methyl sites for hydroxylation is 1. The molecule has 1 aromatic rings. The summed E-state index contributed by atoms with van der Waals surface area (Å²) in [7, 11) is 0. The second-order valence-electron chi connectivity index (χ2n) is 8.80. The van der Waals surface area contributed by atoms with Crippen molar-refractivity contribution in [1.29, 1.82) is 0 Å². The standard InChI is InChI=1S/C24H38N4O6.CH2O2/c1-3-25-8-10-26(16-22(29)30)12-13-27(17-23(31)32)14-15-28(11-9-25)18-24(33)34-19-21-6-4-20(2)5-7-21;2-1-3/h4-7H,3,8-19H2,1-2H3,(H,29,30)(H,31,32);1H,(H,2,3). The van der Waals surface area contributed by atoms with E-state index in [0.717, 1.165) is 24.2 Å². The van der Waals surface area contributed by atoms with E-state index in [1.807, 2.05) is 41.0 Å². The SMILES string of the molecule is CCN1CCN(CC(=O)O)CCN(CC(=O)O)CCN(CC(=O)OCc2ccc(C)cc2)CC1.O=CO. The highest BCUT2D eigenvalue weighted by atomic mass is 16.5. The van der Waals surface area contributed by atoms with Crippen LogP contribution >= 0.6 is 0 Å². The highest BCUT2D eigenvalue weighted by molar-refractivity contribution is 5.71. The van der Waals surface area contributed by atoms with Gasteiger partial charge in [-0.05, 0) is 19.0 Å². The molecule has 1 heterocycles. The lowest BCUT2D eigenvalue weighted by Gasteiger charge is -2.32. The third kappa shape index (κ3) is 14.9. The number of carbonyl (C=O) groups excluding carboxylic acids is 1. The maximum atomic E-state index is 12.5. The molecule has 1 saturated heterocycles. The summed E-state index contributed by atoms with van der Waals surface area (Å²) in [4.78, 5) is 51.4. The van der Waals surface area contributed by atoms with Crippen molar-refractivity contribution in [3.63, 3.8) is 0 Å². The van der Waals surface area contributed by atoms with E-state index in [0.29, 0.717) is 45.8 Å². The number of esters is 1. The van der Waals surface area contributed by atoms with E-state index in [1.54, 1.807) is 4.90 Å². The molecule has 208 valence electrons. The predicted molar refractivity (Wildman–Crippen MR) is 136 cm³/mol. The molecule has 37 heavy (non-hydrogen) atoms. The summed E-state index contributed by atoms with van der Waals surface area (Å²) in [5, 5.41) is 25.4. The molecule has 0 unspecified atom stereocenters. The number of nitrogens with zero attached hydrogens (tertiary/aromatic N) is 4. The lowest BCUT2D eigenvalue weighted by atomic mass is 10.2. The van der Waals surface area contributed by atoms with Gasteiger partial charge in [0, 0.05) is 52.4 Å². The number of carboxylic acids is 2. The summed E-state index contributed by atoms with van der Waals surface area (Å²) < 4.78 is 5.47. The van der Waals surface area contributed by atoms with Gasteiger partial charge < -0.3 is 25.0 Å². The van der Waals surface area contributed by atoms with Crippen LogP contribution in [0.15, 0.2) is 24.3 Å². The third-order valence-corrected chi connectivity index (χ3v) is 5.97. The second kappa shape index (κ2) is 18.2. The summed E-state index contributed by atoms with van der Waals surface area (Å²) in [6, 6.07) is 7.84. The van der Waals surface area contributed by atoms with Crippen LogP contribution in [0.2, 0.25) is 0 Å². The molecule has 0 aromatic heterocycles. The van der Waals surface area contributed by atoms with Crippen molar-refractivity contribution in [2.75, 3.05) is 78.5 Å². The third-order valence-electron chi connectivity index (χ3n) is 5.97. The maximum Gasteiger partial charge on any atom is 0.320 e. The first-order valence-electron chi connectivity index (χ1n) is 12.3. The van der Waals surface area contributed by atoms with E-state index in [9.17, 15) is 24.6 Å². The number of benzene rings is 1. The fourth-order valence-corrected chi connectivity index (χ4v) is 3.83. The molecule has 1 aliphatic heterocycles. The van der Waals surface area contributed by atoms with E-state index >= 15 is 0 Å². The Morgan fingerprint density at radius 3 is 1.54 bits per heavy atom. The molecule has 0 saturated carbocycles. The average molecular weight is 525 g/mol. The number of carbonyl (C=O) groups is 4. The van der Waals surface area contributed by atoms with Crippen molar-refractivity contribution in [3.05, 3.63) is 35.4 Å². The number of hydrogen-bond acceptors (Lipinski definition) is 9. The van der Waals surface area contributed by atoms with E-state index in [-0.39, 0.29) is 38.7 Å². The highest BCUT2D eigenvalue weighted by Crippen LogP contribution is 2.06. The van der Waals surface area contributed by atoms with Gasteiger partial charge in [0.1, 0.15) is 6.61 Å². The van der Waals surface area contributed by atoms with Gasteiger partial charge in [0.2, 0.25) is 0 Å². The Balaban J connectivity index is 0.00000217. The fraction of sp³-hybridized carbons (Fsp3) is 0.600. The zero-order valence-corrected chi connectivity index (χ0v) is 21.8. The van der Waals surface area contributed by atoms with Gasteiger partial charge in [-0.1, -0.05) is 36.8 Å². The van der Waals surface area contributed by atoms with Crippen LogP contribution in [-0.4, -0.2) is 138 Å². The number of hydrogen-bond donors (Lipinski definition) is 3. The van der Waals surface area contributed by atoms with Gasteiger partial charge in [0.05, 0.1) is 19.6 Å². The molecule has 0 bridgehead atoms. The lowest BCUT2D eigenvalue weighted by molar-refractivity contribution is -0.146. The molecule has 0 aliphatic carbocycles. The van der Waals surface area contributed by atoms with Gasteiger partial charge in [-0.2, -0.15) is 0 Å². The maximum absolute atomic E-state index is 12.5. The predicted octanol–water partition coefficient (Wildman–Crippen LogP) is 0.150. The van der Waals surface area contributed by atoms with Crippen molar-refractivity contribution in [1.82, 2.24) is 19.6 Å². The minimum absolute atomic E-state index is 0.0720. The molecule has 0 radical (unpaired) electrons. The van der Waals surface area contributed by atoms with Crippen LogP contribution in [0.5, 0.6) is 0 Å². The van der Waals surface area contributed by atoms with E-state index < -0.39 is 11.9 Å². The first-order chi connectivity index (χ1) is 17.7. The molecule has 12 nitrogen and oxygen atoms in total. The normalized spacial score (nSPS) is 16.9. The lowest BCUT2D eigenvalue weighted by Crippen LogP contribution is -2.48. The number of rotatable bonds is 9. The van der Waals surface area contributed by atoms with Gasteiger partial charge in [-0.3, -0.25) is 33.9 Å². The molecule has 12 heteroatoms. The second-order valence-corrected chi connectivity index (χ2v) is 8.80. The molecule has 0 spiro atoms. The summed E-state index contributed by atoms with van der Waals surface area (Å²) >= 11 is 0. The first kappa shape index (κ1) is 32.0. The minimum atomic E-state index is -0.932. The number of likely N-dealkylation sites (N-methyl/N-ethyl adjacent to an activating group) is 1. The van der Waals surface area contributed by atoms with Crippen molar-refractivity contribution >= 4 is 24.4 Å². The van der Waals surface area contributed by atoms with Crippen LogP contribution in [0.25, 0.3) is 0 Å². The fourth-order valence-electron chi connectivity index (χ4n) is 3.83. The first-order valence-corrected chi connectivity index (χ1v) is 12.3. The zero-order chi connectivity index (χ0) is 27.6. The number of carboxylic acid groups (broad SMARTS) is 3. The highest BCUT2D eigenvalue weighted by Gasteiger charge is 2.20. The van der Waals surface area contributed by atoms with Crippen LogP contribution in [0.1, 0.15) is 18.1 Å². The van der Waals surface area contributed by atoms with Crippen LogP contribution in [-0.2, 0) is 30.5 Å². The smallest absolute Gasteiger partial charge is 0.320 e. The van der Waals surface area contributed by atoms with Gasteiger partial charge in [0.25, 0.3) is 6.47 Å². The number of ether oxygens (including phenoxy) is 1. The molecule has 0 amide bonds. The van der Waals surface area contributed by atoms with Crippen LogP contribution in [0, 0.1) is 6.92 Å². The molecule has 3 N–H and O–H groups in total. The summed E-state index contributed by atoms with van der Waals surface area (Å²) in [6.07, 6.45) is 0. The van der Waals surface area contributed by atoms with Gasteiger partial charge >= 0.3 is 17.9 Å². The largest absolute Gasteiger partial charge is 0.483 e. The van der Waals surface area contributed by atoms with Crippen molar-refractivity contribution < 1.29 is 39.2 Å². The van der Waals surface area contributed by atoms with Crippen molar-refractivity contribution in [2.24, 2.45) is 0 Å². The Bertz CT molecular complexity index is 836. The molecule has 0 atom stereocenters. The van der Waals surface area contributed by atoms with Gasteiger partial charge in [-0.15, -0.1) is 0 Å². The van der Waals surface area contributed by atoms with E-state index in [1.165, 1.54) is 0 Å². The average Bonchev–Trinajstić information content (AvgIpc) is 2.83. The molecular weight excluding hydrogens is 484 g/mol. The number of aliphatic carboxylic acids is 2. The van der Waals surface area contributed by atoms with E-state index in [4.69, 9.17) is 14.6 Å². The van der Waals surface area contributed by atoms with Crippen LogP contribution in [0.4, 0.5) is 0 Å². The molecule has 1 aromatic carbocycles. The molecular formula is C25H40N4O8. The summed E-state index contributed by atoms with van der Waals surface area (Å²) in [6.45, 7) is 9.31. The van der Waals surface area contributed by atoms with Gasteiger partial charge in [-0.25, -0.2) is 0 Å². The van der Waals surface area contributed by atoms with Crippen molar-refractivity contribution in [3.8, 4) is 0 Å².